The monoisotopic (exact) mass is 245 g/mol. The number of carbonyl (C=O) groups excluding carboxylic acids is 1. The van der Waals surface area contributed by atoms with Gasteiger partial charge in [-0.15, -0.1) is 11.6 Å². The van der Waals surface area contributed by atoms with Gasteiger partial charge in [0.15, 0.2) is 0 Å². The first-order valence-corrected chi connectivity index (χ1v) is 5.24. The van der Waals surface area contributed by atoms with Crippen molar-refractivity contribution in [1.82, 2.24) is 4.90 Å². The van der Waals surface area contributed by atoms with E-state index >= 15 is 0 Å². The average molecular weight is 246 g/mol. The zero-order valence-corrected chi connectivity index (χ0v) is 9.83. The van der Waals surface area contributed by atoms with Crippen LogP contribution in [0.25, 0.3) is 0 Å². The lowest BCUT2D eigenvalue weighted by Gasteiger charge is -2.19. The van der Waals surface area contributed by atoms with Crippen molar-refractivity contribution in [2.45, 2.75) is 12.3 Å². The highest BCUT2D eigenvalue weighted by atomic mass is 35.5. The summed E-state index contributed by atoms with van der Waals surface area (Å²) in [6, 6.07) is 3.74. The van der Waals surface area contributed by atoms with E-state index < -0.39 is 11.7 Å². The van der Waals surface area contributed by atoms with E-state index in [1.807, 2.05) is 0 Å². The number of nitrogens with zero attached hydrogens (tertiary/aromatic N) is 1. The molecule has 16 heavy (non-hydrogen) atoms. The highest BCUT2D eigenvalue weighted by Crippen LogP contribution is 2.21. The number of rotatable bonds is 3. The molecule has 0 heterocycles. The summed E-state index contributed by atoms with van der Waals surface area (Å²) in [5.41, 5.74) is -0.317. The van der Waals surface area contributed by atoms with E-state index in [0.29, 0.717) is 0 Å². The fourth-order valence-corrected chi connectivity index (χ4v) is 1.58. The molecule has 1 unspecified atom stereocenters. The van der Waals surface area contributed by atoms with Gasteiger partial charge in [-0.1, -0.05) is 6.07 Å². The molecule has 0 aromatic heterocycles. The van der Waals surface area contributed by atoms with E-state index in [1.165, 1.54) is 24.1 Å². The maximum absolute atomic E-state index is 13.4. The molecule has 1 atom stereocenters. The molecule has 1 aromatic rings. The van der Waals surface area contributed by atoms with Gasteiger partial charge in [0, 0.05) is 19.0 Å². The van der Waals surface area contributed by atoms with Crippen molar-refractivity contribution in [2.75, 3.05) is 13.6 Å². The van der Waals surface area contributed by atoms with Gasteiger partial charge in [-0.2, -0.15) is 0 Å². The van der Waals surface area contributed by atoms with Crippen molar-refractivity contribution in [3.05, 3.63) is 29.6 Å². The third kappa shape index (κ3) is 2.85. The lowest BCUT2D eigenvalue weighted by Crippen LogP contribution is -2.32. The fraction of sp³-hybridized carbons (Fsp3) is 0.364. The Morgan fingerprint density at radius 1 is 1.62 bits per heavy atom. The minimum Gasteiger partial charge on any atom is -0.507 e. The number of carbonyl (C=O) groups is 1. The van der Waals surface area contributed by atoms with Crippen LogP contribution in [0.4, 0.5) is 4.39 Å². The number of phenols is 1. The van der Waals surface area contributed by atoms with Gasteiger partial charge in [-0.3, -0.25) is 4.79 Å². The number of halogens is 2. The standard InChI is InChI=1S/C11H13ClFNO2/c1-7(12)6-14(2)11(16)10-8(13)4-3-5-9(10)15/h3-5,7,15H,6H2,1-2H3. The van der Waals surface area contributed by atoms with Crippen molar-refractivity contribution in [1.29, 1.82) is 0 Å². The number of amides is 1. The summed E-state index contributed by atoms with van der Waals surface area (Å²) in [7, 11) is 1.51. The van der Waals surface area contributed by atoms with Gasteiger partial charge in [0.05, 0.1) is 0 Å². The Bertz CT molecular complexity index is 375. The quantitative estimate of drug-likeness (QED) is 0.830. The van der Waals surface area contributed by atoms with Crippen LogP contribution < -0.4 is 0 Å². The molecule has 0 fully saturated rings. The predicted octanol–water partition coefficient (Wildman–Crippen LogP) is 2.23. The average Bonchev–Trinajstić information content (AvgIpc) is 2.16. The van der Waals surface area contributed by atoms with Crippen molar-refractivity contribution in [2.24, 2.45) is 0 Å². The highest BCUT2D eigenvalue weighted by Gasteiger charge is 2.20. The Morgan fingerprint density at radius 2 is 2.25 bits per heavy atom. The van der Waals surface area contributed by atoms with Gasteiger partial charge in [-0.25, -0.2) is 4.39 Å². The van der Waals surface area contributed by atoms with Crippen molar-refractivity contribution >= 4 is 17.5 Å². The lowest BCUT2D eigenvalue weighted by molar-refractivity contribution is 0.0788. The second-order valence-electron chi connectivity index (χ2n) is 3.60. The van der Waals surface area contributed by atoms with Crippen LogP contribution in [0.2, 0.25) is 0 Å². The van der Waals surface area contributed by atoms with Crippen molar-refractivity contribution in [3.8, 4) is 5.75 Å². The molecule has 3 nitrogen and oxygen atoms in total. The third-order valence-corrected chi connectivity index (χ3v) is 2.22. The Labute approximate surface area is 98.4 Å². The van der Waals surface area contributed by atoms with Crippen LogP contribution in [0, 0.1) is 5.82 Å². The first-order valence-electron chi connectivity index (χ1n) is 4.80. The van der Waals surface area contributed by atoms with E-state index in [4.69, 9.17) is 11.6 Å². The second kappa shape index (κ2) is 5.16. The van der Waals surface area contributed by atoms with Crippen LogP contribution >= 0.6 is 11.6 Å². The van der Waals surface area contributed by atoms with Gasteiger partial charge >= 0.3 is 0 Å². The smallest absolute Gasteiger partial charge is 0.260 e. The van der Waals surface area contributed by atoms with Crippen LogP contribution in [0.1, 0.15) is 17.3 Å². The maximum Gasteiger partial charge on any atom is 0.260 e. The molecule has 0 bridgehead atoms. The Kier molecular flexibility index (Phi) is 4.12. The lowest BCUT2D eigenvalue weighted by atomic mass is 10.1. The molecule has 0 saturated carbocycles. The second-order valence-corrected chi connectivity index (χ2v) is 4.35. The van der Waals surface area contributed by atoms with E-state index in [9.17, 15) is 14.3 Å². The van der Waals surface area contributed by atoms with E-state index in [1.54, 1.807) is 6.92 Å². The van der Waals surface area contributed by atoms with Crippen LogP contribution in [-0.2, 0) is 0 Å². The molecule has 0 aliphatic carbocycles. The molecule has 1 amide bonds. The predicted molar refractivity (Wildman–Crippen MR) is 60.3 cm³/mol. The molecule has 1 rings (SSSR count). The molecule has 0 aliphatic rings. The Balaban J connectivity index is 2.96. The van der Waals surface area contributed by atoms with E-state index in [-0.39, 0.29) is 23.2 Å². The summed E-state index contributed by atoms with van der Waals surface area (Å²) in [4.78, 5) is 13.1. The van der Waals surface area contributed by atoms with Crippen LogP contribution in [0.5, 0.6) is 5.75 Å². The summed E-state index contributed by atoms with van der Waals surface area (Å²) >= 11 is 5.73. The molecule has 88 valence electrons. The first-order chi connectivity index (χ1) is 7.43. The van der Waals surface area contributed by atoms with Crippen molar-refractivity contribution < 1.29 is 14.3 Å². The van der Waals surface area contributed by atoms with Gasteiger partial charge < -0.3 is 10.0 Å². The number of alkyl halides is 1. The summed E-state index contributed by atoms with van der Waals surface area (Å²) in [5.74, 6) is -1.68. The number of hydrogen-bond donors (Lipinski definition) is 1. The normalized spacial score (nSPS) is 12.2. The molecule has 0 radical (unpaired) electrons. The Hall–Kier alpha value is -1.29. The zero-order valence-electron chi connectivity index (χ0n) is 9.08. The van der Waals surface area contributed by atoms with Crippen molar-refractivity contribution in [3.63, 3.8) is 0 Å². The molecule has 1 aromatic carbocycles. The van der Waals surface area contributed by atoms with Gasteiger partial charge in [0.1, 0.15) is 17.1 Å². The molecule has 1 N–H and O–H groups in total. The summed E-state index contributed by atoms with van der Waals surface area (Å²) in [6.45, 7) is 2.01. The van der Waals surface area contributed by atoms with Gasteiger partial charge in [-0.05, 0) is 19.1 Å². The molecule has 5 heteroatoms. The van der Waals surface area contributed by atoms with Crippen LogP contribution in [0.3, 0.4) is 0 Å². The molecule has 0 saturated heterocycles. The largest absolute Gasteiger partial charge is 0.507 e. The minimum absolute atomic E-state index is 0.233. The fourth-order valence-electron chi connectivity index (χ4n) is 1.38. The number of hydrogen-bond acceptors (Lipinski definition) is 2. The number of phenolic OH excluding ortho intramolecular Hbond substituents is 1. The summed E-state index contributed by atoms with van der Waals surface area (Å²) < 4.78 is 13.4. The van der Waals surface area contributed by atoms with Gasteiger partial charge in [0.2, 0.25) is 0 Å². The summed E-state index contributed by atoms with van der Waals surface area (Å²) in [6.07, 6.45) is 0. The van der Waals surface area contributed by atoms with E-state index in [2.05, 4.69) is 0 Å². The highest BCUT2D eigenvalue weighted by molar-refractivity contribution is 6.20. The zero-order chi connectivity index (χ0) is 12.3. The minimum atomic E-state index is -0.737. The van der Waals surface area contributed by atoms with Crippen LogP contribution in [-0.4, -0.2) is 34.9 Å². The molecular weight excluding hydrogens is 233 g/mol. The maximum atomic E-state index is 13.4. The molecule has 0 spiro atoms. The first kappa shape index (κ1) is 12.8. The summed E-state index contributed by atoms with van der Waals surface area (Å²) in [5, 5.41) is 9.19. The van der Waals surface area contributed by atoms with Crippen LogP contribution in [0.15, 0.2) is 18.2 Å². The number of aromatic hydroxyl groups is 1. The number of benzene rings is 1. The van der Waals surface area contributed by atoms with E-state index in [0.717, 1.165) is 6.07 Å². The molecule has 0 aliphatic heterocycles. The third-order valence-electron chi connectivity index (χ3n) is 2.08. The van der Waals surface area contributed by atoms with Gasteiger partial charge in [0.25, 0.3) is 5.91 Å². The Morgan fingerprint density at radius 3 is 2.75 bits per heavy atom. The topological polar surface area (TPSA) is 40.5 Å². The molecular formula is C11H13ClFNO2. The SMILES string of the molecule is CC(Cl)CN(C)C(=O)c1c(O)cccc1F.